The van der Waals surface area contributed by atoms with E-state index in [2.05, 4.69) is 11.6 Å². The Bertz CT molecular complexity index is 1220. The zero-order valence-electron chi connectivity index (χ0n) is 18.7. The number of carbonyl (C=O) groups is 2. The highest BCUT2D eigenvalue weighted by atomic mass is 16.5. The highest BCUT2D eigenvalue weighted by Crippen LogP contribution is 2.40. The van der Waals surface area contributed by atoms with E-state index < -0.39 is 17.7 Å². The maximum atomic E-state index is 13.2. The molecule has 1 unspecified atom stereocenters. The number of methoxy groups -OCH3 is 1. The first kappa shape index (κ1) is 22.8. The van der Waals surface area contributed by atoms with Gasteiger partial charge in [-0.1, -0.05) is 30.9 Å². The fraction of sp³-hybridized carbons (Fsp3) is 0.148. The molecule has 1 aliphatic rings. The summed E-state index contributed by atoms with van der Waals surface area (Å²) >= 11 is 0. The largest absolute Gasteiger partial charge is 0.507 e. The quantitative estimate of drug-likeness (QED) is 0.236. The molecule has 34 heavy (non-hydrogen) atoms. The van der Waals surface area contributed by atoms with E-state index in [4.69, 9.17) is 9.47 Å². The summed E-state index contributed by atoms with van der Waals surface area (Å²) in [6.07, 6.45) is 4.92. The maximum Gasteiger partial charge on any atom is 0.295 e. The van der Waals surface area contributed by atoms with E-state index in [0.717, 1.165) is 5.56 Å². The van der Waals surface area contributed by atoms with E-state index in [-0.39, 0.29) is 17.9 Å². The molecule has 1 N–H and O–H groups in total. The topological polar surface area (TPSA) is 89.0 Å². The van der Waals surface area contributed by atoms with Crippen LogP contribution >= 0.6 is 0 Å². The third kappa shape index (κ3) is 4.54. The fourth-order valence-electron chi connectivity index (χ4n) is 3.88. The van der Waals surface area contributed by atoms with Crippen molar-refractivity contribution in [3.8, 4) is 11.5 Å². The standard InChI is InChI=1S/C27H24N2O5/c1-3-15-34-22-12-8-20(9-13-22)25(30)23-24(19-6-10-21(33-2)11-7-19)29(27(32)26(23)31)17-18-5-4-14-28-16-18/h3-14,16,24,30H,1,15,17H2,2H3/b25-23-. The maximum absolute atomic E-state index is 13.2. The van der Waals surface area contributed by atoms with Gasteiger partial charge in [-0.15, -0.1) is 0 Å². The first-order chi connectivity index (χ1) is 16.5. The Morgan fingerprint density at radius 1 is 1.09 bits per heavy atom. The summed E-state index contributed by atoms with van der Waals surface area (Å²) in [6, 6.07) is 16.6. The summed E-state index contributed by atoms with van der Waals surface area (Å²) < 4.78 is 10.7. The molecule has 1 amide bonds. The second-order valence-corrected chi connectivity index (χ2v) is 7.69. The van der Waals surface area contributed by atoms with E-state index in [1.54, 1.807) is 80.2 Å². The van der Waals surface area contributed by atoms with Crippen molar-refractivity contribution in [2.24, 2.45) is 0 Å². The molecule has 7 nitrogen and oxygen atoms in total. The van der Waals surface area contributed by atoms with E-state index in [1.807, 2.05) is 6.07 Å². The molecule has 1 saturated heterocycles. The third-order valence-corrected chi connectivity index (χ3v) is 5.54. The Balaban J connectivity index is 1.78. The van der Waals surface area contributed by atoms with Gasteiger partial charge in [-0.05, 0) is 53.6 Å². The minimum atomic E-state index is -0.775. The van der Waals surface area contributed by atoms with Crippen molar-refractivity contribution in [3.05, 3.63) is 108 Å². The summed E-state index contributed by atoms with van der Waals surface area (Å²) in [7, 11) is 1.56. The zero-order chi connectivity index (χ0) is 24.1. The van der Waals surface area contributed by atoms with E-state index >= 15 is 0 Å². The van der Waals surface area contributed by atoms with Crippen LogP contribution in [0.4, 0.5) is 0 Å². The normalized spacial score (nSPS) is 17.0. The number of aliphatic hydroxyl groups excluding tert-OH is 1. The van der Waals surface area contributed by atoms with Gasteiger partial charge >= 0.3 is 0 Å². The molecule has 1 atom stereocenters. The smallest absolute Gasteiger partial charge is 0.295 e. The van der Waals surface area contributed by atoms with Crippen molar-refractivity contribution in [3.63, 3.8) is 0 Å². The van der Waals surface area contributed by atoms with E-state index in [1.165, 1.54) is 4.90 Å². The molecule has 1 aliphatic heterocycles. The van der Waals surface area contributed by atoms with Crippen LogP contribution in [0.5, 0.6) is 11.5 Å². The van der Waals surface area contributed by atoms with Crippen LogP contribution in [-0.4, -0.2) is 40.4 Å². The van der Waals surface area contributed by atoms with Gasteiger partial charge in [-0.3, -0.25) is 14.6 Å². The molecular formula is C27H24N2O5. The molecule has 0 aliphatic carbocycles. The highest BCUT2D eigenvalue weighted by Gasteiger charge is 2.46. The lowest BCUT2D eigenvalue weighted by molar-refractivity contribution is -0.140. The molecule has 0 saturated carbocycles. The van der Waals surface area contributed by atoms with Gasteiger partial charge in [0.1, 0.15) is 23.9 Å². The number of Topliss-reactive ketones (excluding diaryl/α,β-unsaturated/α-hetero) is 1. The lowest BCUT2D eigenvalue weighted by Gasteiger charge is -2.25. The SMILES string of the molecule is C=CCOc1ccc(/C(O)=C2/C(=O)C(=O)N(Cc3cccnc3)C2c2ccc(OC)cc2)cc1. The number of pyridine rings is 1. The summed E-state index contributed by atoms with van der Waals surface area (Å²) in [5.74, 6) is -0.433. The molecule has 2 aromatic carbocycles. The first-order valence-electron chi connectivity index (χ1n) is 10.7. The number of carbonyl (C=O) groups excluding carboxylic acids is 2. The van der Waals surface area contributed by atoms with Gasteiger partial charge in [0, 0.05) is 24.5 Å². The monoisotopic (exact) mass is 456 g/mol. The summed E-state index contributed by atoms with van der Waals surface area (Å²) in [4.78, 5) is 31.8. The molecule has 4 rings (SSSR count). The van der Waals surface area contributed by atoms with Gasteiger partial charge in [-0.25, -0.2) is 0 Å². The summed E-state index contributed by atoms with van der Waals surface area (Å²) in [5, 5.41) is 11.2. The molecule has 2 heterocycles. The second kappa shape index (κ2) is 10.0. The Labute approximate surface area is 197 Å². The molecule has 0 radical (unpaired) electrons. The molecule has 0 spiro atoms. The average molecular weight is 456 g/mol. The van der Waals surface area contributed by atoms with Gasteiger partial charge in [0.05, 0.1) is 18.7 Å². The summed E-state index contributed by atoms with van der Waals surface area (Å²) in [5.41, 5.74) is 1.88. The molecule has 0 bridgehead atoms. The number of ketones is 1. The molecule has 1 aromatic heterocycles. The van der Waals surface area contributed by atoms with Crippen LogP contribution in [0.3, 0.4) is 0 Å². The van der Waals surface area contributed by atoms with Crippen LogP contribution < -0.4 is 9.47 Å². The Kier molecular flexibility index (Phi) is 6.73. The van der Waals surface area contributed by atoms with Crippen molar-refractivity contribution in [2.45, 2.75) is 12.6 Å². The van der Waals surface area contributed by atoms with Crippen molar-refractivity contribution < 1.29 is 24.2 Å². The predicted molar refractivity (Wildman–Crippen MR) is 127 cm³/mol. The minimum absolute atomic E-state index is 0.0267. The number of rotatable bonds is 8. The van der Waals surface area contributed by atoms with Crippen molar-refractivity contribution in [2.75, 3.05) is 13.7 Å². The van der Waals surface area contributed by atoms with Gasteiger partial charge in [0.15, 0.2) is 0 Å². The molecule has 3 aromatic rings. The van der Waals surface area contributed by atoms with Crippen molar-refractivity contribution in [1.29, 1.82) is 0 Å². The lowest BCUT2D eigenvalue weighted by Crippen LogP contribution is -2.29. The van der Waals surface area contributed by atoms with Gasteiger partial charge < -0.3 is 19.5 Å². The number of nitrogens with zero attached hydrogens (tertiary/aromatic N) is 2. The highest BCUT2D eigenvalue weighted by molar-refractivity contribution is 6.46. The Hall–Kier alpha value is -4.39. The molecule has 1 fully saturated rings. The van der Waals surface area contributed by atoms with Crippen molar-refractivity contribution >= 4 is 17.4 Å². The number of benzene rings is 2. The first-order valence-corrected chi connectivity index (χ1v) is 10.7. The van der Waals surface area contributed by atoms with Crippen LogP contribution in [0.15, 0.2) is 91.3 Å². The van der Waals surface area contributed by atoms with E-state index in [9.17, 15) is 14.7 Å². The molecule has 7 heteroatoms. The zero-order valence-corrected chi connectivity index (χ0v) is 18.7. The van der Waals surface area contributed by atoms with Crippen LogP contribution in [0.25, 0.3) is 5.76 Å². The number of hydrogen-bond donors (Lipinski definition) is 1. The minimum Gasteiger partial charge on any atom is -0.507 e. The van der Waals surface area contributed by atoms with Crippen LogP contribution in [0.1, 0.15) is 22.7 Å². The van der Waals surface area contributed by atoms with Crippen molar-refractivity contribution in [1.82, 2.24) is 9.88 Å². The number of hydrogen-bond acceptors (Lipinski definition) is 6. The van der Waals surface area contributed by atoms with E-state index in [0.29, 0.717) is 29.2 Å². The van der Waals surface area contributed by atoms with Gasteiger partial charge in [0.25, 0.3) is 11.7 Å². The second-order valence-electron chi connectivity index (χ2n) is 7.69. The van der Waals surface area contributed by atoms with Crippen LogP contribution in [0, 0.1) is 0 Å². The Morgan fingerprint density at radius 2 is 1.79 bits per heavy atom. The average Bonchev–Trinajstić information content (AvgIpc) is 3.13. The number of aromatic nitrogens is 1. The lowest BCUT2D eigenvalue weighted by atomic mass is 9.95. The summed E-state index contributed by atoms with van der Waals surface area (Å²) in [6.45, 7) is 4.13. The van der Waals surface area contributed by atoms with Gasteiger partial charge in [0.2, 0.25) is 0 Å². The third-order valence-electron chi connectivity index (χ3n) is 5.54. The van der Waals surface area contributed by atoms with Crippen LogP contribution in [-0.2, 0) is 16.1 Å². The predicted octanol–water partition coefficient (Wildman–Crippen LogP) is 4.28. The number of amides is 1. The number of aliphatic hydroxyl groups is 1. The number of ether oxygens (including phenoxy) is 2. The molecular weight excluding hydrogens is 432 g/mol. The Morgan fingerprint density at radius 3 is 2.41 bits per heavy atom. The number of likely N-dealkylation sites (tertiary alicyclic amines) is 1. The van der Waals surface area contributed by atoms with Crippen LogP contribution in [0.2, 0.25) is 0 Å². The van der Waals surface area contributed by atoms with Gasteiger partial charge in [-0.2, -0.15) is 0 Å². The fourth-order valence-corrected chi connectivity index (χ4v) is 3.88. The molecule has 172 valence electrons.